The zero-order valence-corrected chi connectivity index (χ0v) is 10.8. The van der Waals surface area contributed by atoms with Crippen molar-refractivity contribution in [2.24, 2.45) is 0 Å². The molecule has 0 saturated carbocycles. The van der Waals surface area contributed by atoms with E-state index in [-0.39, 0.29) is 17.9 Å². The normalized spacial score (nSPS) is 22.4. The second kappa shape index (κ2) is 6.01. The Morgan fingerprint density at radius 1 is 1.39 bits per heavy atom. The molecule has 1 fully saturated rings. The van der Waals surface area contributed by atoms with Crippen LogP contribution in [0.15, 0.2) is 30.3 Å². The molecule has 97 valence electrons. The van der Waals surface area contributed by atoms with E-state index < -0.39 is 0 Å². The van der Waals surface area contributed by atoms with E-state index in [4.69, 9.17) is 4.74 Å². The summed E-state index contributed by atoms with van der Waals surface area (Å²) in [5.74, 6) is -0.393. The standard InChI is InChI=1S/C15H20NO2/c1-16-11-7-6-10-13(16)14(15(17)18-2)12-8-4-3-5-9-12/h3-5,8-9,13-14H,1,6-7,10-11H2,2H3/t13-,14-/m1/s1. The molecule has 1 radical (unpaired) electrons. The summed E-state index contributed by atoms with van der Waals surface area (Å²) in [7, 11) is 5.52. The van der Waals surface area contributed by atoms with Crippen LogP contribution in [0.4, 0.5) is 0 Å². The van der Waals surface area contributed by atoms with E-state index in [1.807, 2.05) is 35.2 Å². The van der Waals surface area contributed by atoms with Crippen LogP contribution in [0, 0.1) is 7.05 Å². The fourth-order valence-corrected chi connectivity index (χ4v) is 2.70. The lowest BCUT2D eigenvalue weighted by atomic mass is 9.85. The maximum atomic E-state index is 12.1. The summed E-state index contributed by atoms with van der Waals surface area (Å²) in [4.78, 5) is 14.1. The Labute approximate surface area is 109 Å². The third kappa shape index (κ3) is 2.72. The Balaban J connectivity index is 2.27. The number of nitrogens with zero attached hydrogens (tertiary/aromatic N) is 1. The molecular formula is C15H20NO2. The van der Waals surface area contributed by atoms with Crippen molar-refractivity contribution in [1.29, 1.82) is 0 Å². The molecule has 1 aromatic carbocycles. The molecular weight excluding hydrogens is 226 g/mol. The lowest BCUT2D eigenvalue weighted by Crippen LogP contribution is -2.42. The highest BCUT2D eigenvalue weighted by atomic mass is 16.5. The number of hydrogen-bond acceptors (Lipinski definition) is 3. The molecule has 1 aliphatic heterocycles. The van der Waals surface area contributed by atoms with Gasteiger partial charge in [-0.15, -0.1) is 0 Å². The maximum Gasteiger partial charge on any atom is 0.314 e. The smallest absolute Gasteiger partial charge is 0.314 e. The minimum atomic E-state index is -0.228. The van der Waals surface area contributed by atoms with E-state index >= 15 is 0 Å². The molecule has 0 unspecified atom stereocenters. The fourth-order valence-electron chi connectivity index (χ4n) is 2.70. The first-order valence-electron chi connectivity index (χ1n) is 6.44. The van der Waals surface area contributed by atoms with Crippen LogP contribution in [0.1, 0.15) is 30.7 Å². The number of hydrogen-bond donors (Lipinski definition) is 0. The average Bonchev–Trinajstić information content (AvgIpc) is 2.42. The molecule has 2 rings (SSSR count). The highest BCUT2D eigenvalue weighted by Crippen LogP contribution is 2.30. The molecule has 3 heteroatoms. The van der Waals surface area contributed by atoms with E-state index in [1.54, 1.807) is 0 Å². The van der Waals surface area contributed by atoms with Crippen LogP contribution in [-0.2, 0) is 9.53 Å². The van der Waals surface area contributed by atoms with Crippen molar-refractivity contribution < 1.29 is 9.53 Å². The summed E-state index contributed by atoms with van der Waals surface area (Å²) >= 11 is 0. The number of benzene rings is 1. The Morgan fingerprint density at radius 2 is 2.11 bits per heavy atom. The van der Waals surface area contributed by atoms with Gasteiger partial charge in [0.1, 0.15) is 0 Å². The number of esters is 1. The molecule has 0 N–H and O–H groups in total. The second-order valence-corrected chi connectivity index (χ2v) is 4.79. The van der Waals surface area contributed by atoms with E-state index in [0.717, 1.165) is 31.4 Å². The quantitative estimate of drug-likeness (QED) is 0.768. The number of methoxy groups -OCH3 is 1. The van der Waals surface area contributed by atoms with Gasteiger partial charge in [0, 0.05) is 13.1 Å². The lowest BCUT2D eigenvalue weighted by Gasteiger charge is -2.36. The van der Waals surface area contributed by atoms with Gasteiger partial charge in [-0.25, -0.2) is 0 Å². The molecule has 1 heterocycles. The van der Waals surface area contributed by atoms with Gasteiger partial charge in [0.2, 0.25) is 0 Å². The largest absolute Gasteiger partial charge is 0.469 e. The van der Waals surface area contributed by atoms with E-state index in [1.165, 1.54) is 7.11 Å². The van der Waals surface area contributed by atoms with Crippen LogP contribution in [-0.4, -0.2) is 30.6 Å². The predicted molar refractivity (Wildman–Crippen MR) is 70.9 cm³/mol. The number of carbonyl (C=O) groups excluding carboxylic acids is 1. The second-order valence-electron chi connectivity index (χ2n) is 4.79. The zero-order chi connectivity index (χ0) is 13.0. The number of rotatable bonds is 3. The Bertz CT molecular complexity index is 391. The van der Waals surface area contributed by atoms with Crippen LogP contribution in [0.2, 0.25) is 0 Å². The third-order valence-corrected chi connectivity index (χ3v) is 3.66. The first-order valence-corrected chi connectivity index (χ1v) is 6.44. The first kappa shape index (κ1) is 13.1. The van der Waals surface area contributed by atoms with Crippen molar-refractivity contribution >= 4 is 5.97 Å². The number of ether oxygens (including phenoxy) is 1. The Hall–Kier alpha value is -1.35. The minimum absolute atomic E-state index is 0.147. The monoisotopic (exact) mass is 246 g/mol. The van der Waals surface area contributed by atoms with Gasteiger partial charge >= 0.3 is 5.97 Å². The van der Waals surface area contributed by atoms with Gasteiger partial charge in [0.25, 0.3) is 0 Å². The number of piperidine rings is 1. The molecule has 0 spiro atoms. The SMILES string of the molecule is [CH2]N1CCCC[C@@H]1[C@H](C(=O)OC)c1ccccc1. The van der Waals surface area contributed by atoms with Crippen LogP contribution in [0.25, 0.3) is 0 Å². The topological polar surface area (TPSA) is 29.5 Å². The van der Waals surface area contributed by atoms with Gasteiger partial charge in [0.05, 0.1) is 13.0 Å². The van der Waals surface area contributed by atoms with Crippen molar-refractivity contribution in [3.05, 3.63) is 42.9 Å². The van der Waals surface area contributed by atoms with E-state index in [0.29, 0.717) is 0 Å². The average molecular weight is 246 g/mol. The Morgan fingerprint density at radius 3 is 2.72 bits per heavy atom. The van der Waals surface area contributed by atoms with Gasteiger partial charge < -0.3 is 4.74 Å². The van der Waals surface area contributed by atoms with Gasteiger partial charge in [0.15, 0.2) is 0 Å². The summed E-state index contributed by atoms with van der Waals surface area (Å²) in [6.07, 6.45) is 3.30. The van der Waals surface area contributed by atoms with Gasteiger partial charge in [-0.2, -0.15) is 0 Å². The summed E-state index contributed by atoms with van der Waals surface area (Å²) in [6.45, 7) is 0.949. The van der Waals surface area contributed by atoms with Gasteiger partial charge in [-0.05, 0) is 24.9 Å². The molecule has 0 aliphatic carbocycles. The van der Waals surface area contributed by atoms with Crippen LogP contribution in [0.3, 0.4) is 0 Å². The van der Waals surface area contributed by atoms with Crippen molar-refractivity contribution in [2.75, 3.05) is 13.7 Å². The lowest BCUT2D eigenvalue weighted by molar-refractivity contribution is -0.144. The van der Waals surface area contributed by atoms with Gasteiger partial charge in [-0.3, -0.25) is 9.69 Å². The summed E-state index contributed by atoms with van der Waals surface area (Å²) in [5, 5.41) is 0. The van der Waals surface area contributed by atoms with E-state index in [2.05, 4.69) is 7.05 Å². The molecule has 1 aromatic rings. The fraction of sp³-hybridized carbons (Fsp3) is 0.467. The molecule has 18 heavy (non-hydrogen) atoms. The Kier molecular flexibility index (Phi) is 4.37. The zero-order valence-electron chi connectivity index (χ0n) is 10.8. The van der Waals surface area contributed by atoms with Crippen molar-refractivity contribution in [3.63, 3.8) is 0 Å². The highest BCUT2D eigenvalue weighted by molar-refractivity contribution is 5.79. The molecule has 1 saturated heterocycles. The maximum absolute atomic E-state index is 12.1. The molecule has 2 atom stereocenters. The highest BCUT2D eigenvalue weighted by Gasteiger charge is 2.34. The van der Waals surface area contributed by atoms with E-state index in [9.17, 15) is 4.79 Å². The third-order valence-electron chi connectivity index (χ3n) is 3.66. The first-order chi connectivity index (χ1) is 8.74. The number of carbonyl (C=O) groups is 1. The van der Waals surface area contributed by atoms with Crippen molar-refractivity contribution in [3.8, 4) is 0 Å². The summed E-state index contributed by atoms with van der Waals surface area (Å²) in [6, 6.07) is 10.0. The summed E-state index contributed by atoms with van der Waals surface area (Å²) < 4.78 is 4.97. The summed E-state index contributed by atoms with van der Waals surface area (Å²) in [5.41, 5.74) is 1.02. The predicted octanol–water partition coefficient (Wildman–Crippen LogP) is 2.59. The molecule has 0 amide bonds. The van der Waals surface area contributed by atoms with Crippen LogP contribution < -0.4 is 0 Å². The van der Waals surface area contributed by atoms with Crippen molar-refractivity contribution in [1.82, 2.24) is 4.90 Å². The van der Waals surface area contributed by atoms with Crippen LogP contribution >= 0.6 is 0 Å². The molecule has 0 aromatic heterocycles. The molecule has 0 bridgehead atoms. The molecule has 1 aliphatic rings. The molecule has 3 nitrogen and oxygen atoms in total. The van der Waals surface area contributed by atoms with Gasteiger partial charge in [-0.1, -0.05) is 36.8 Å². The van der Waals surface area contributed by atoms with Crippen molar-refractivity contribution in [2.45, 2.75) is 31.2 Å². The van der Waals surface area contributed by atoms with Crippen LogP contribution in [0.5, 0.6) is 0 Å². The number of likely N-dealkylation sites (tertiary alicyclic amines) is 1. The minimum Gasteiger partial charge on any atom is -0.469 e.